The Balaban J connectivity index is 0.00000208. The Hall–Kier alpha value is -4.96. The van der Waals surface area contributed by atoms with Gasteiger partial charge in [0.1, 0.15) is 0 Å². The van der Waals surface area contributed by atoms with E-state index in [9.17, 15) is 0 Å². The summed E-state index contributed by atoms with van der Waals surface area (Å²) in [5.74, 6) is 2.36. The summed E-state index contributed by atoms with van der Waals surface area (Å²) in [6, 6.07) is 41.2. The van der Waals surface area contributed by atoms with E-state index in [0.717, 1.165) is 21.9 Å². The molecule has 47 heavy (non-hydrogen) atoms. The topological polar surface area (TPSA) is 75.0 Å². The zero-order valence-electron chi connectivity index (χ0n) is 26.2. The summed E-state index contributed by atoms with van der Waals surface area (Å²) in [6.45, 7) is 0. The number of hydrogen-bond acceptors (Lipinski definition) is 6. The van der Waals surface area contributed by atoms with Crippen molar-refractivity contribution in [3.63, 3.8) is 0 Å². The maximum atomic E-state index is 7.93. The first kappa shape index (κ1) is 29.4. The number of nitrogens with zero attached hydrogens (tertiary/aromatic N) is 5. The Kier molecular flexibility index (Phi) is 8.90. The summed E-state index contributed by atoms with van der Waals surface area (Å²) < 4.78 is 30.2. The first-order chi connectivity index (χ1) is 23.1. The molecule has 0 spiro atoms. The molecular formula is C38H21N5O2Pt2. The predicted octanol–water partition coefficient (Wildman–Crippen LogP) is 8.48. The molecule has 8 rings (SSSR count). The smallest absolute Gasteiger partial charge is 0.503 e. The monoisotopic (exact) mass is 971 g/mol. The zero-order chi connectivity index (χ0) is 31.7. The molecular weight excluding hydrogens is 949 g/mol. The van der Waals surface area contributed by atoms with Crippen LogP contribution in [0.4, 0.5) is 0 Å². The van der Waals surface area contributed by atoms with E-state index >= 15 is 0 Å². The van der Waals surface area contributed by atoms with Gasteiger partial charge in [-0.05, 0) is 29.6 Å². The largest absolute Gasteiger partial charge is 2.00 e. The molecule has 0 saturated heterocycles. The minimum Gasteiger partial charge on any atom is -0.503 e. The van der Waals surface area contributed by atoms with Crippen LogP contribution in [0.5, 0.6) is 23.0 Å². The molecule has 0 aliphatic carbocycles. The Bertz CT molecular complexity index is 2280. The fraction of sp³-hybridized carbons (Fsp3) is 0. The van der Waals surface area contributed by atoms with Gasteiger partial charge in [-0.25, -0.2) is 9.97 Å². The van der Waals surface area contributed by atoms with Crippen LogP contribution in [0.3, 0.4) is 0 Å². The van der Waals surface area contributed by atoms with Gasteiger partial charge in [-0.15, -0.1) is 71.8 Å². The fourth-order valence-electron chi connectivity index (χ4n) is 5.05. The molecule has 0 saturated carbocycles. The van der Waals surface area contributed by atoms with Crippen molar-refractivity contribution in [3.8, 4) is 51.5 Å². The van der Waals surface area contributed by atoms with Crippen LogP contribution in [-0.4, -0.2) is 24.5 Å². The number of aromatic nitrogens is 5. The Morgan fingerprint density at radius 2 is 0.957 bits per heavy atom. The first-order valence-corrected chi connectivity index (χ1v) is 14.0. The predicted molar refractivity (Wildman–Crippen MR) is 171 cm³/mol. The molecule has 0 atom stereocenters. The molecule has 8 aromatic rings. The van der Waals surface area contributed by atoms with Gasteiger partial charge < -0.3 is 24.0 Å². The second-order valence-electron chi connectivity index (χ2n) is 9.90. The standard InChI is InChI=1S/C38H21N5O2.2Pt/c1-3-18-39-34(12-1)26-8-5-10-28(22-26)44-30-14-16-32-33-17-15-31(25-37(33)43(36(32)24-30)38-41-20-7-21-42-38)45-29-11-6-9-27(23-29)35-13-2-4-19-40-35;;/h1-21H;;/q-4;2*+2/i1D,2D;;. The minimum atomic E-state index is 0. The van der Waals surface area contributed by atoms with Gasteiger partial charge in [0.2, 0.25) is 5.95 Å². The van der Waals surface area contributed by atoms with Gasteiger partial charge in [0.25, 0.3) is 0 Å². The van der Waals surface area contributed by atoms with E-state index in [1.165, 1.54) is 0 Å². The third kappa shape index (κ3) is 6.64. The average Bonchev–Trinajstić information content (AvgIpc) is 3.41. The SMILES string of the molecule is [2H]c1ccnc(-c2[c-]c(Oc3[c-]c4c(cc3)c3ccc(Oc5[c-]c(-c6cc([2H])ccn6)ccc5)[c-]c3n4-c3ncccn3)ccc2)c1.[Pt+2].[Pt+2]. The normalized spacial score (nSPS) is 11.2. The van der Waals surface area contributed by atoms with Crippen LogP contribution < -0.4 is 9.47 Å². The quantitative estimate of drug-likeness (QED) is 0.149. The molecule has 0 bridgehead atoms. The number of benzene rings is 4. The van der Waals surface area contributed by atoms with Crippen molar-refractivity contribution < 1.29 is 54.3 Å². The molecule has 0 N–H and O–H groups in total. The molecule has 7 nitrogen and oxygen atoms in total. The number of pyridine rings is 2. The average molecular weight is 972 g/mol. The van der Waals surface area contributed by atoms with E-state index in [1.54, 1.807) is 55.1 Å². The maximum absolute atomic E-state index is 7.93. The molecule has 0 radical (unpaired) electrons. The van der Waals surface area contributed by atoms with E-state index in [-0.39, 0.29) is 42.1 Å². The third-order valence-electron chi connectivity index (χ3n) is 7.02. The van der Waals surface area contributed by atoms with Crippen LogP contribution in [0.1, 0.15) is 2.74 Å². The van der Waals surface area contributed by atoms with Gasteiger partial charge >= 0.3 is 42.1 Å². The van der Waals surface area contributed by atoms with Gasteiger partial charge in [-0.1, -0.05) is 47.4 Å². The minimum absolute atomic E-state index is 0. The van der Waals surface area contributed by atoms with Crippen molar-refractivity contribution in [3.05, 3.63) is 152 Å². The Morgan fingerprint density at radius 1 is 0.489 bits per heavy atom. The van der Waals surface area contributed by atoms with Crippen molar-refractivity contribution in [2.24, 2.45) is 0 Å². The molecule has 0 aliphatic heterocycles. The van der Waals surface area contributed by atoms with Crippen molar-refractivity contribution in [2.75, 3.05) is 0 Å². The number of fused-ring (bicyclic) bond motifs is 3. The van der Waals surface area contributed by atoms with E-state index < -0.39 is 0 Å². The molecule has 4 aromatic heterocycles. The van der Waals surface area contributed by atoms with Crippen molar-refractivity contribution in [1.29, 1.82) is 0 Å². The summed E-state index contributed by atoms with van der Waals surface area (Å²) >= 11 is 0. The second-order valence-corrected chi connectivity index (χ2v) is 9.90. The van der Waals surface area contributed by atoms with Gasteiger partial charge in [-0.3, -0.25) is 0 Å². The van der Waals surface area contributed by atoms with Gasteiger partial charge in [0.15, 0.2) is 0 Å². The third-order valence-corrected chi connectivity index (χ3v) is 7.02. The first-order valence-electron chi connectivity index (χ1n) is 15.0. The summed E-state index contributed by atoms with van der Waals surface area (Å²) in [4.78, 5) is 17.8. The van der Waals surface area contributed by atoms with Crippen LogP contribution in [-0.2, 0) is 42.1 Å². The van der Waals surface area contributed by atoms with Crippen molar-refractivity contribution in [2.45, 2.75) is 0 Å². The molecule has 4 aromatic carbocycles. The van der Waals surface area contributed by atoms with Crippen molar-refractivity contribution in [1.82, 2.24) is 24.5 Å². The van der Waals surface area contributed by atoms with E-state index in [1.807, 2.05) is 65.2 Å². The van der Waals surface area contributed by atoms with Crippen molar-refractivity contribution >= 4 is 21.8 Å². The Labute approximate surface area is 302 Å². The number of rotatable bonds is 7. The summed E-state index contributed by atoms with van der Waals surface area (Å²) in [5.41, 5.74) is 4.12. The van der Waals surface area contributed by atoms with Crippen LogP contribution in [0.25, 0.3) is 50.3 Å². The molecule has 4 heterocycles. The van der Waals surface area contributed by atoms with Gasteiger partial charge in [0, 0.05) is 47.8 Å². The maximum Gasteiger partial charge on any atom is 2.00 e. The summed E-state index contributed by atoms with van der Waals surface area (Å²) in [5, 5.41) is 1.82. The molecule has 0 fully saturated rings. The van der Waals surface area contributed by atoms with E-state index in [0.29, 0.717) is 63.5 Å². The molecule has 0 amide bonds. The van der Waals surface area contributed by atoms with Gasteiger partial charge in [0.05, 0.1) is 2.74 Å². The van der Waals surface area contributed by atoms with Crippen LogP contribution in [0.2, 0.25) is 0 Å². The molecule has 230 valence electrons. The van der Waals surface area contributed by atoms with E-state index in [2.05, 4.69) is 44.2 Å². The van der Waals surface area contributed by atoms with Crippen LogP contribution >= 0.6 is 0 Å². The molecule has 0 aliphatic rings. The van der Waals surface area contributed by atoms with Crippen LogP contribution in [0.15, 0.2) is 128 Å². The number of hydrogen-bond donors (Lipinski definition) is 0. The zero-order valence-corrected chi connectivity index (χ0v) is 28.7. The van der Waals surface area contributed by atoms with Gasteiger partial charge in [-0.2, -0.15) is 22.9 Å². The number of ether oxygens (including phenoxy) is 2. The summed E-state index contributed by atoms with van der Waals surface area (Å²) in [7, 11) is 0. The molecule has 9 heteroatoms. The second kappa shape index (κ2) is 14.2. The fourth-order valence-corrected chi connectivity index (χ4v) is 5.05. The summed E-state index contributed by atoms with van der Waals surface area (Å²) in [6.07, 6.45) is 6.57. The van der Waals surface area contributed by atoms with E-state index in [4.69, 9.17) is 12.2 Å². The van der Waals surface area contributed by atoms with Crippen LogP contribution in [0, 0.1) is 24.3 Å². The molecule has 0 unspecified atom stereocenters. The Morgan fingerprint density at radius 3 is 1.45 bits per heavy atom.